The van der Waals surface area contributed by atoms with Crippen molar-refractivity contribution in [1.29, 1.82) is 0 Å². The van der Waals surface area contributed by atoms with E-state index < -0.39 is 0 Å². The van der Waals surface area contributed by atoms with E-state index in [9.17, 15) is 4.79 Å². The number of hydrogen-bond donors (Lipinski definition) is 0. The molecule has 0 N–H and O–H groups in total. The lowest BCUT2D eigenvalue weighted by Crippen LogP contribution is -2.41. The molecule has 1 amide bonds. The van der Waals surface area contributed by atoms with Crippen LogP contribution >= 0.6 is 27.7 Å². The number of amides is 1. The van der Waals surface area contributed by atoms with Gasteiger partial charge in [0.15, 0.2) is 16.7 Å². The average Bonchev–Trinajstić information content (AvgIpc) is 3.24. The summed E-state index contributed by atoms with van der Waals surface area (Å²) in [6.07, 6.45) is 13.8. The SMILES string of the molecule is CCOc1cc(C=C2SC(=NC3CCCCC3)N(C3CCCCC3)C2=O)c(Br)cc1OCc1cccc(C)c1. The molecule has 208 valence electrons. The van der Waals surface area contributed by atoms with E-state index in [4.69, 9.17) is 14.5 Å². The van der Waals surface area contributed by atoms with Crippen LogP contribution in [0.5, 0.6) is 11.5 Å². The molecule has 1 saturated heterocycles. The van der Waals surface area contributed by atoms with Crippen LogP contribution in [0.25, 0.3) is 6.08 Å². The first-order valence-corrected chi connectivity index (χ1v) is 16.1. The van der Waals surface area contributed by atoms with Crippen LogP contribution in [0.15, 0.2) is 50.8 Å². The molecule has 2 aliphatic carbocycles. The Morgan fingerprint density at radius 1 is 1.00 bits per heavy atom. The second-order valence-electron chi connectivity index (χ2n) is 10.8. The highest BCUT2D eigenvalue weighted by atomic mass is 79.9. The first-order chi connectivity index (χ1) is 19.0. The lowest BCUT2D eigenvalue weighted by Gasteiger charge is -2.31. The Balaban J connectivity index is 1.41. The summed E-state index contributed by atoms with van der Waals surface area (Å²) in [5.41, 5.74) is 3.22. The molecule has 3 fully saturated rings. The van der Waals surface area contributed by atoms with Crippen LogP contribution in [0.4, 0.5) is 0 Å². The van der Waals surface area contributed by atoms with E-state index in [-0.39, 0.29) is 11.9 Å². The minimum Gasteiger partial charge on any atom is -0.490 e. The number of thioether (sulfide) groups is 1. The zero-order chi connectivity index (χ0) is 27.2. The van der Waals surface area contributed by atoms with E-state index in [2.05, 4.69) is 41.1 Å². The normalized spacial score (nSPS) is 21.2. The third kappa shape index (κ3) is 7.10. The van der Waals surface area contributed by atoms with Gasteiger partial charge in [0.2, 0.25) is 0 Å². The Morgan fingerprint density at radius 3 is 2.44 bits per heavy atom. The van der Waals surface area contributed by atoms with Crippen LogP contribution in [0, 0.1) is 6.92 Å². The molecule has 2 saturated carbocycles. The Labute approximate surface area is 245 Å². The van der Waals surface area contributed by atoms with Crippen LogP contribution in [0.2, 0.25) is 0 Å². The van der Waals surface area contributed by atoms with Crippen molar-refractivity contribution in [2.75, 3.05) is 6.61 Å². The molecule has 0 aromatic heterocycles. The summed E-state index contributed by atoms with van der Waals surface area (Å²) in [5, 5.41) is 0.907. The maximum atomic E-state index is 13.8. The number of benzene rings is 2. The highest BCUT2D eigenvalue weighted by molar-refractivity contribution is 9.10. The molecule has 5 rings (SSSR count). The van der Waals surface area contributed by atoms with Crippen molar-refractivity contribution in [3.05, 3.63) is 62.5 Å². The van der Waals surface area contributed by atoms with Gasteiger partial charge in [0.25, 0.3) is 5.91 Å². The number of carbonyl (C=O) groups excluding carboxylic acids is 1. The highest BCUT2D eigenvalue weighted by Crippen LogP contribution is 2.41. The van der Waals surface area contributed by atoms with Gasteiger partial charge in [-0.2, -0.15) is 0 Å². The summed E-state index contributed by atoms with van der Waals surface area (Å²) in [6.45, 7) is 5.04. The first-order valence-electron chi connectivity index (χ1n) is 14.5. The van der Waals surface area contributed by atoms with E-state index in [1.807, 2.05) is 36.1 Å². The molecule has 39 heavy (non-hydrogen) atoms. The summed E-state index contributed by atoms with van der Waals surface area (Å²) >= 11 is 5.28. The second-order valence-corrected chi connectivity index (χ2v) is 12.7. The standard InChI is InChI=1S/C32H39BrN2O3S/c1-3-37-28-18-24(27(33)20-29(28)38-21-23-12-10-11-22(2)17-23)19-30-31(36)35(26-15-8-5-9-16-26)32(39-30)34-25-13-6-4-7-14-25/h10-12,17-20,25-26H,3-9,13-16,21H2,1-2H3. The van der Waals surface area contributed by atoms with E-state index in [1.165, 1.54) is 44.1 Å². The van der Waals surface area contributed by atoms with Crippen molar-refractivity contribution < 1.29 is 14.3 Å². The lowest BCUT2D eigenvalue weighted by molar-refractivity contribution is -0.124. The minimum atomic E-state index is 0.0890. The van der Waals surface area contributed by atoms with E-state index >= 15 is 0 Å². The fourth-order valence-corrected chi connectivity index (χ4v) is 7.29. The van der Waals surface area contributed by atoms with Gasteiger partial charge in [-0.1, -0.05) is 84.3 Å². The highest BCUT2D eigenvalue weighted by Gasteiger charge is 2.39. The average molecular weight is 612 g/mol. The van der Waals surface area contributed by atoms with Crippen molar-refractivity contribution in [2.45, 2.75) is 96.7 Å². The second kappa shape index (κ2) is 13.4. The third-order valence-corrected chi connectivity index (χ3v) is 9.45. The smallest absolute Gasteiger partial charge is 0.267 e. The Bertz CT molecular complexity index is 1230. The summed E-state index contributed by atoms with van der Waals surface area (Å²) in [6, 6.07) is 12.8. The molecule has 2 aromatic carbocycles. The number of hydrogen-bond acceptors (Lipinski definition) is 5. The van der Waals surface area contributed by atoms with Crippen molar-refractivity contribution in [3.63, 3.8) is 0 Å². The number of aryl methyl sites for hydroxylation is 1. The van der Waals surface area contributed by atoms with E-state index in [1.54, 1.807) is 11.8 Å². The first kappa shape index (κ1) is 28.3. The van der Waals surface area contributed by atoms with Gasteiger partial charge in [0, 0.05) is 10.5 Å². The molecule has 2 aromatic rings. The quantitative estimate of drug-likeness (QED) is 0.280. The minimum absolute atomic E-state index is 0.0890. The van der Waals surface area contributed by atoms with Gasteiger partial charge in [0.1, 0.15) is 6.61 Å². The summed E-state index contributed by atoms with van der Waals surface area (Å²) in [5.74, 6) is 1.45. The summed E-state index contributed by atoms with van der Waals surface area (Å²) in [4.78, 5) is 21.7. The molecule has 0 atom stereocenters. The Morgan fingerprint density at radius 2 is 1.72 bits per heavy atom. The number of ether oxygens (including phenoxy) is 2. The number of aliphatic imine (C=N–C) groups is 1. The van der Waals surface area contributed by atoms with Crippen LogP contribution in [-0.4, -0.2) is 34.7 Å². The number of carbonyl (C=O) groups is 1. The van der Waals surface area contributed by atoms with Crippen molar-refractivity contribution >= 4 is 44.8 Å². The van der Waals surface area contributed by atoms with Crippen LogP contribution in [0.3, 0.4) is 0 Å². The summed E-state index contributed by atoms with van der Waals surface area (Å²) in [7, 11) is 0. The van der Waals surface area contributed by atoms with Gasteiger partial charge in [-0.25, -0.2) is 0 Å². The number of nitrogens with zero attached hydrogens (tertiary/aromatic N) is 2. The zero-order valence-corrected chi connectivity index (χ0v) is 25.5. The maximum Gasteiger partial charge on any atom is 0.267 e. The predicted octanol–water partition coefficient (Wildman–Crippen LogP) is 8.67. The third-order valence-electron chi connectivity index (χ3n) is 7.77. The molecule has 0 radical (unpaired) electrons. The fourth-order valence-electron chi connectivity index (χ4n) is 5.75. The topological polar surface area (TPSA) is 51.1 Å². The Hall–Kier alpha value is -2.25. The van der Waals surface area contributed by atoms with Gasteiger partial charge in [0.05, 0.1) is 17.6 Å². The molecule has 1 heterocycles. The van der Waals surface area contributed by atoms with Gasteiger partial charge in [-0.15, -0.1) is 0 Å². The van der Waals surface area contributed by atoms with Crippen molar-refractivity contribution in [1.82, 2.24) is 4.90 Å². The maximum absolute atomic E-state index is 13.8. The summed E-state index contributed by atoms with van der Waals surface area (Å²) < 4.78 is 13.0. The van der Waals surface area contributed by atoms with Gasteiger partial charge >= 0.3 is 0 Å². The molecular formula is C32H39BrN2O3S. The zero-order valence-electron chi connectivity index (χ0n) is 23.1. The van der Waals surface area contributed by atoms with Crippen LogP contribution in [0.1, 0.15) is 87.8 Å². The molecule has 3 aliphatic rings. The van der Waals surface area contributed by atoms with E-state index in [0.29, 0.717) is 30.8 Å². The van der Waals surface area contributed by atoms with Crippen LogP contribution < -0.4 is 9.47 Å². The molecule has 0 unspecified atom stereocenters. The molecular weight excluding hydrogens is 572 g/mol. The van der Waals surface area contributed by atoms with Crippen molar-refractivity contribution in [3.8, 4) is 11.5 Å². The van der Waals surface area contributed by atoms with Crippen molar-refractivity contribution in [2.24, 2.45) is 4.99 Å². The number of halogens is 1. The number of rotatable bonds is 8. The molecule has 0 bridgehead atoms. The monoisotopic (exact) mass is 610 g/mol. The lowest BCUT2D eigenvalue weighted by atomic mass is 9.94. The molecule has 7 heteroatoms. The van der Waals surface area contributed by atoms with Crippen LogP contribution in [-0.2, 0) is 11.4 Å². The molecule has 5 nitrogen and oxygen atoms in total. The largest absolute Gasteiger partial charge is 0.490 e. The van der Waals surface area contributed by atoms with Gasteiger partial charge in [-0.05, 0) is 80.6 Å². The van der Waals surface area contributed by atoms with E-state index in [0.717, 1.165) is 51.4 Å². The van der Waals surface area contributed by atoms with Gasteiger partial charge < -0.3 is 9.47 Å². The number of amidine groups is 1. The molecule has 0 spiro atoms. The Kier molecular flexibility index (Phi) is 9.72. The fraction of sp³-hybridized carbons (Fsp3) is 0.500. The van der Waals surface area contributed by atoms with Gasteiger partial charge in [-0.3, -0.25) is 14.7 Å². The predicted molar refractivity (Wildman–Crippen MR) is 164 cm³/mol. The molecule has 1 aliphatic heterocycles.